The van der Waals surface area contributed by atoms with Crippen LogP contribution in [0.2, 0.25) is 0 Å². The Morgan fingerprint density at radius 2 is 2.00 bits per heavy atom. The van der Waals surface area contributed by atoms with Crippen molar-refractivity contribution in [3.63, 3.8) is 0 Å². The van der Waals surface area contributed by atoms with Crippen LogP contribution in [0.15, 0.2) is 59.3 Å². The Bertz CT molecular complexity index is 686. The minimum Gasteiger partial charge on any atom is -0.363 e. The first-order valence-corrected chi connectivity index (χ1v) is 7.46. The molecule has 22 heavy (non-hydrogen) atoms. The van der Waals surface area contributed by atoms with Crippen molar-refractivity contribution in [3.8, 4) is 0 Å². The van der Waals surface area contributed by atoms with Gasteiger partial charge in [0, 0.05) is 18.0 Å². The first-order chi connectivity index (χ1) is 10.8. The van der Waals surface area contributed by atoms with E-state index in [9.17, 15) is 4.79 Å². The molecule has 2 aromatic rings. The van der Waals surface area contributed by atoms with Crippen molar-refractivity contribution in [1.29, 1.82) is 0 Å². The van der Waals surface area contributed by atoms with Gasteiger partial charge >= 0.3 is 6.03 Å². The fourth-order valence-electron chi connectivity index (χ4n) is 3.62. The molecule has 1 unspecified atom stereocenters. The molecule has 2 amide bonds. The molecule has 5 heteroatoms. The van der Waals surface area contributed by atoms with Gasteiger partial charge in [0.1, 0.15) is 6.26 Å². The molecule has 1 aliphatic heterocycles. The highest BCUT2D eigenvalue weighted by molar-refractivity contribution is 5.89. The molecule has 1 aromatic carbocycles. The van der Waals surface area contributed by atoms with E-state index in [0.717, 1.165) is 19.4 Å². The normalized spacial score (nSPS) is 21.8. The molecular weight excluding hydrogens is 278 g/mol. The van der Waals surface area contributed by atoms with Gasteiger partial charge in [-0.1, -0.05) is 47.6 Å². The van der Waals surface area contributed by atoms with Crippen molar-refractivity contribution < 1.29 is 9.32 Å². The van der Waals surface area contributed by atoms with Crippen LogP contribution in [0, 0.1) is 5.41 Å². The molecule has 4 rings (SSSR count). The molecule has 1 N–H and O–H groups in total. The number of amides is 2. The van der Waals surface area contributed by atoms with Gasteiger partial charge in [0.15, 0.2) is 5.82 Å². The van der Waals surface area contributed by atoms with Gasteiger partial charge in [-0.2, -0.15) is 0 Å². The zero-order valence-electron chi connectivity index (χ0n) is 12.1. The topological polar surface area (TPSA) is 58.4 Å². The van der Waals surface area contributed by atoms with E-state index in [0.29, 0.717) is 5.82 Å². The van der Waals surface area contributed by atoms with E-state index >= 15 is 0 Å². The largest absolute Gasteiger partial charge is 0.363 e. The van der Waals surface area contributed by atoms with Crippen LogP contribution in [0.4, 0.5) is 10.6 Å². The van der Waals surface area contributed by atoms with E-state index < -0.39 is 0 Å². The Hall–Kier alpha value is -2.56. The Balaban J connectivity index is 1.58. The number of allylic oxidation sites excluding steroid dienone is 2. The van der Waals surface area contributed by atoms with E-state index in [-0.39, 0.29) is 17.5 Å². The van der Waals surface area contributed by atoms with Gasteiger partial charge in [-0.15, -0.1) is 0 Å². The van der Waals surface area contributed by atoms with Crippen LogP contribution in [0.5, 0.6) is 0 Å². The van der Waals surface area contributed by atoms with Crippen LogP contribution < -0.4 is 5.32 Å². The van der Waals surface area contributed by atoms with Crippen molar-refractivity contribution in [2.24, 2.45) is 5.41 Å². The summed E-state index contributed by atoms with van der Waals surface area (Å²) < 4.78 is 4.76. The van der Waals surface area contributed by atoms with Crippen LogP contribution in [-0.4, -0.2) is 22.6 Å². The van der Waals surface area contributed by atoms with E-state index in [1.807, 2.05) is 23.1 Å². The molecule has 1 spiro atoms. The minimum absolute atomic E-state index is 0.107. The van der Waals surface area contributed by atoms with E-state index in [1.54, 1.807) is 6.07 Å². The predicted octanol–water partition coefficient (Wildman–Crippen LogP) is 3.60. The number of urea groups is 1. The fourth-order valence-corrected chi connectivity index (χ4v) is 3.62. The van der Waals surface area contributed by atoms with Crippen LogP contribution in [0.25, 0.3) is 0 Å². The molecule has 1 atom stereocenters. The predicted molar refractivity (Wildman–Crippen MR) is 82.2 cm³/mol. The lowest BCUT2D eigenvalue weighted by Crippen LogP contribution is -2.60. The highest BCUT2D eigenvalue weighted by atomic mass is 16.5. The van der Waals surface area contributed by atoms with Gasteiger partial charge in [0.2, 0.25) is 0 Å². The highest BCUT2D eigenvalue weighted by Crippen LogP contribution is 2.56. The van der Waals surface area contributed by atoms with Crippen LogP contribution in [0.1, 0.15) is 24.4 Å². The first kappa shape index (κ1) is 13.1. The molecule has 1 saturated heterocycles. The second-order valence-corrected chi connectivity index (χ2v) is 6.00. The number of hydrogen-bond donors (Lipinski definition) is 1. The summed E-state index contributed by atoms with van der Waals surface area (Å²) in [5.41, 5.74) is 1.34. The third kappa shape index (κ3) is 2.01. The molecule has 1 fully saturated rings. The van der Waals surface area contributed by atoms with E-state index in [1.165, 1.54) is 11.8 Å². The molecule has 2 aliphatic rings. The number of hydrogen-bond acceptors (Lipinski definition) is 3. The van der Waals surface area contributed by atoms with Crippen molar-refractivity contribution >= 4 is 11.8 Å². The molecule has 0 radical (unpaired) electrons. The number of nitrogens with one attached hydrogen (secondary N) is 1. The quantitative estimate of drug-likeness (QED) is 0.861. The maximum atomic E-state index is 12.5. The lowest BCUT2D eigenvalue weighted by atomic mass is 9.67. The summed E-state index contributed by atoms with van der Waals surface area (Å²) in [6.45, 7) is 0.767. The van der Waals surface area contributed by atoms with Gasteiger partial charge in [-0.25, -0.2) is 4.79 Å². The van der Waals surface area contributed by atoms with Gasteiger partial charge in [-0.3, -0.25) is 5.32 Å². The number of rotatable bonds is 2. The summed E-state index contributed by atoms with van der Waals surface area (Å²) in [4.78, 5) is 14.4. The molecule has 2 heterocycles. The molecule has 1 aromatic heterocycles. The third-order valence-electron chi connectivity index (χ3n) is 4.64. The smallest absolute Gasteiger partial charge is 0.323 e. The number of nitrogens with zero attached hydrogens (tertiary/aromatic N) is 2. The Morgan fingerprint density at radius 1 is 1.23 bits per heavy atom. The van der Waals surface area contributed by atoms with Crippen LogP contribution in [0.3, 0.4) is 0 Å². The maximum absolute atomic E-state index is 12.5. The van der Waals surface area contributed by atoms with E-state index in [4.69, 9.17) is 4.52 Å². The number of carbonyl (C=O) groups is 1. The zero-order valence-corrected chi connectivity index (χ0v) is 12.1. The van der Waals surface area contributed by atoms with Crippen LogP contribution >= 0.6 is 0 Å². The minimum atomic E-state index is -0.125. The number of anilines is 1. The van der Waals surface area contributed by atoms with Crippen molar-refractivity contribution in [1.82, 2.24) is 10.1 Å². The molecule has 112 valence electrons. The van der Waals surface area contributed by atoms with Gasteiger partial charge < -0.3 is 9.42 Å². The second-order valence-electron chi connectivity index (χ2n) is 6.00. The highest BCUT2D eigenvalue weighted by Gasteiger charge is 2.54. The van der Waals surface area contributed by atoms with Crippen molar-refractivity contribution in [2.45, 2.75) is 18.9 Å². The van der Waals surface area contributed by atoms with E-state index in [2.05, 4.69) is 34.8 Å². The Morgan fingerprint density at radius 3 is 2.68 bits per heavy atom. The maximum Gasteiger partial charge on any atom is 0.323 e. The van der Waals surface area contributed by atoms with Crippen LogP contribution in [-0.2, 0) is 0 Å². The number of benzene rings is 1. The summed E-state index contributed by atoms with van der Waals surface area (Å²) in [5, 5.41) is 6.53. The first-order valence-electron chi connectivity index (χ1n) is 7.46. The van der Waals surface area contributed by atoms with Gasteiger partial charge in [0.25, 0.3) is 0 Å². The summed E-state index contributed by atoms with van der Waals surface area (Å²) in [5.74, 6) is 0.447. The van der Waals surface area contributed by atoms with Crippen molar-refractivity contribution in [3.05, 3.63) is 60.4 Å². The molecular formula is C17H17N3O2. The zero-order chi connectivity index (χ0) is 15.0. The fraction of sp³-hybridized carbons (Fsp3) is 0.294. The molecule has 5 nitrogen and oxygen atoms in total. The lowest BCUT2D eigenvalue weighted by molar-refractivity contribution is -0.0308. The average molecular weight is 295 g/mol. The Kier molecular flexibility index (Phi) is 2.99. The number of carbonyl (C=O) groups excluding carboxylic acids is 1. The molecule has 0 saturated carbocycles. The number of likely N-dealkylation sites (tertiary alicyclic amines) is 1. The second kappa shape index (κ2) is 5.02. The molecule has 0 bridgehead atoms. The molecule has 1 aliphatic carbocycles. The van der Waals surface area contributed by atoms with Gasteiger partial charge in [-0.05, 0) is 18.4 Å². The summed E-state index contributed by atoms with van der Waals surface area (Å²) in [6, 6.07) is 11.9. The third-order valence-corrected chi connectivity index (χ3v) is 4.64. The number of aromatic nitrogens is 1. The lowest BCUT2D eigenvalue weighted by Gasteiger charge is -2.56. The monoisotopic (exact) mass is 295 g/mol. The summed E-state index contributed by atoms with van der Waals surface area (Å²) in [6.07, 6.45) is 7.95. The van der Waals surface area contributed by atoms with Crippen molar-refractivity contribution in [2.75, 3.05) is 11.9 Å². The standard InChI is InChI=1S/C17H17N3O2/c21-16(18-14-8-11-22-19-14)20-12-17(9-4-5-10-17)15(20)13-6-2-1-3-7-13/h1-8,11,15H,9-10,12H2,(H,18,19,21). The average Bonchev–Trinajstić information content (AvgIpc) is 3.18. The summed E-state index contributed by atoms with van der Waals surface area (Å²) in [7, 11) is 0. The summed E-state index contributed by atoms with van der Waals surface area (Å²) >= 11 is 0. The SMILES string of the molecule is O=C(Nc1ccon1)N1CC2(CC=CC2)C1c1ccccc1. The van der Waals surface area contributed by atoms with Gasteiger partial charge in [0.05, 0.1) is 6.04 Å². The Labute approximate surface area is 128 Å².